The van der Waals surface area contributed by atoms with Crippen LogP contribution in [0.15, 0.2) is 35.5 Å². The van der Waals surface area contributed by atoms with E-state index >= 15 is 0 Å². The van der Waals surface area contributed by atoms with Gasteiger partial charge in [0.2, 0.25) is 0 Å². The van der Waals surface area contributed by atoms with Gasteiger partial charge in [0.05, 0.1) is 6.10 Å². The van der Waals surface area contributed by atoms with E-state index in [0.29, 0.717) is 6.10 Å². The molecule has 0 fully saturated rings. The summed E-state index contributed by atoms with van der Waals surface area (Å²) in [5, 5.41) is 0. The molecule has 35 heavy (non-hydrogen) atoms. The molecule has 0 aromatic carbocycles. The summed E-state index contributed by atoms with van der Waals surface area (Å²) in [7, 11) is 0. The highest BCUT2D eigenvalue weighted by molar-refractivity contribution is 4.94. The van der Waals surface area contributed by atoms with Gasteiger partial charge in [0.15, 0.2) is 0 Å². The van der Waals surface area contributed by atoms with Crippen LogP contribution in [0.2, 0.25) is 0 Å². The average Bonchev–Trinajstić information content (AvgIpc) is 2.78. The van der Waals surface area contributed by atoms with Gasteiger partial charge in [0.25, 0.3) is 0 Å². The highest BCUT2D eigenvalue weighted by Crippen LogP contribution is 2.22. The molecule has 0 spiro atoms. The normalized spacial score (nSPS) is 13.8. The molecule has 1 heteroatoms. The van der Waals surface area contributed by atoms with Crippen molar-refractivity contribution in [1.82, 2.24) is 0 Å². The summed E-state index contributed by atoms with van der Waals surface area (Å²) < 4.78 is 6.49. The molecule has 3 atom stereocenters. The third kappa shape index (κ3) is 24.6. The lowest BCUT2D eigenvalue weighted by molar-refractivity contribution is 0.0307. The zero-order valence-corrected chi connectivity index (χ0v) is 25.2. The fourth-order valence-electron chi connectivity index (χ4n) is 4.73. The molecule has 0 saturated heterocycles. The van der Waals surface area contributed by atoms with Crippen LogP contribution in [0.4, 0.5) is 0 Å². The zero-order valence-electron chi connectivity index (χ0n) is 25.2. The summed E-state index contributed by atoms with van der Waals surface area (Å²) >= 11 is 0. The first kappa shape index (κ1) is 34.2. The smallest absolute Gasteiger partial charge is 0.0575 e. The number of ether oxygens (including phenoxy) is 1. The van der Waals surface area contributed by atoms with Gasteiger partial charge in [-0.25, -0.2) is 0 Å². The van der Waals surface area contributed by atoms with Crippen LogP contribution in [0.5, 0.6) is 0 Å². The lowest BCUT2D eigenvalue weighted by Crippen LogP contribution is -2.16. The van der Waals surface area contributed by atoms with Crippen molar-refractivity contribution in [3.8, 4) is 0 Å². The van der Waals surface area contributed by atoms with Crippen molar-refractivity contribution in [3.63, 3.8) is 0 Å². The number of unbranched alkanes of at least 4 members (excludes halogenated alkanes) is 4. The van der Waals surface area contributed by atoms with Crippen LogP contribution in [0.25, 0.3) is 0 Å². The Morgan fingerprint density at radius 2 is 1.20 bits per heavy atom. The predicted molar refractivity (Wildman–Crippen MR) is 160 cm³/mol. The van der Waals surface area contributed by atoms with Crippen molar-refractivity contribution < 1.29 is 4.74 Å². The first-order valence-electron chi connectivity index (χ1n) is 15.3. The zero-order chi connectivity index (χ0) is 26.3. The van der Waals surface area contributed by atoms with Crippen LogP contribution in [0.3, 0.4) is 0 Å². The van der Waals surface area contributed by atoms with E-state index < -0.39 is 0 Å². The molecule has 0 aromatic rings. The van der Waals surface area contributed by atoms with Crippen LogP contribution >= 0.6 is 0 Å². The van der Waals surface area contributed by atoms with Crippen LogP contribution in [0.1, 0.15) is 158 Å². The number of hydrogen-bond acceptors (Lipinski definition) is 1. The maximum atomic E-state index is 6.49. The monoisotopic (exact) mass is 488 g/mol. The maximum absolute atomic E-state index is 6.49. The summed E-state index contributed by atoms with van der Waals surface area (Å²) in [6.07, 6.45) is 26.9. The van der Waals surface area contributed by atoms with E-state index in [9.17, 15) is 0 Å². The fourth-order valence-corrected chi connectivity index (χ4v) is 4.73. The van der Waals surface area contributed by atoms with Gasteiger partial charge >= 0.3 is 0 Å². The molecule has 0 bridgehead atoms. The lowest BCUT2D eigenvalue weighted by atomic mass is 9.95. The minimum Gasteiger partial charge on any atom is -0.378 e. The summed E-state index contributed by atoms with van der Waals surface area (Å²) in [6, 6.07) is 0. The lowest BCUT2D eigenvalue weighted by Gasteiger charge is -2.21. The Morgan fingerprint density at radius 1 is 0.657 bits per heavy atom. The van der Waals surface area contributed by atoms with Crippen LogP contribution in [0, 0.1) is 11.8 Å². The topological polar surface area (TPSA) is 9.23 Å². The molecule has 0 aliphatic heterocycles. The molecular weight excluding hydrogens is 424 g/mol. The molecule has 3 unspecified atom stereocenters. The summed E-state index contributed by atoms with van der Waals surface area (Å²) in [4.78, 5) is 0. The molecule has 0 aromatic heterocycles. The molecule has 0 N–H and O–H groups in total. The maximum Gasteiger partial charge on any atom is 0.0575 e. The highest BCUT2D eigenvalue weighted by Gasteiger charge is 2.12. The SMILES string of the molecule is C=C(CCCCCCC)CCCC(CCCC(C)CCC=C(C)C)OCCC(C)CCC=C(C)C. The van der Waals surface area contributed by atoms with Gasteiger partial charge in [-0.15, -0.1) is 0 Å². The molecule has 0 rings (SSSR count). The number of rotatable bonds is 24. The van der Waals surface area contributed by atoms with Crippen molar-refractivity contribution >= 4 is 0 Å². The van der Waals surface area contributed by atoms with Gasteiger partial charge < -0.3 is 4.74 Å². The molecule has 0 radical (unpaired) electrons. The second-order valence-electron chi connectivity index (χ2n) is 11.9. The van der Waals surface area contributed by atoms with Gasteiger partial charge in [-0.1, -0.05) is 94.7 Å². The van der Waals surface area contributed by atoms with E-state index in [-0.39, 0.29) is 0 Å². The van der Waals surface area contributed by atoms with Crippen molar-refractivity contribution in [2.24, 2.45) is 11.8 Å². The molecular formula is C34H64O. The minimum absolute atomic E-state index is 0.433. The van der Waals surface area contributed by atoms with Gasteiger partial charge in [-0.05, 0) is 110 Å². The standard InChI is InChI=1S/C34H64O/c1-9-10-11-12-13-20-31(6)23-16-25-34(26-17-24-32(7)21-14-18-29(2)3)35-28-27-33(8)22-15-19-30(4)5/h18-19,32-34H,6,9-17,20-28H2,1-5,7-8H3. The molecule has 0 heterocycles. The summed E-state index contributed by atoms with van der Waals surface area (Å²) in [6.45, 7) is 21.2. The van der Waals surface area contributed by atoms with Gasteiger partial charge in [0, 0.05) is 6.61 Å². The molecule has 0 aliphatic rings. The molecule has 0 aliphatic carbocycles. The molecule has 206 valence electrons. The minimum atomic E-state index is 0.433. The first-order chi connectivity index (χ1) is 16.7. The summed E-state index contributed by atoms with van der Waals surface area (Å²) in [5.41, 5.74) is 4.34. The van der Waals surface area contributed by atoms with E-state index in [1.807, 2.05) is 0 Å². The Balaban J connectivity index is 4.37. The quantitative estimate of drug-likeness (QED) is 0.0969. The Kier molecular flexibility index (Phi) is 23.0. The van der Waals surface area contributed by atoms with Crippen molar-refractivity contribution in [2.45, 2.75) is 164 Å². The van der Waals surface area contributed by atoms with E-state index in [2.05, 4.69) is 67.2 Å². The second kappa shape index (κ2) is 23.6. The first-order valence-corrected chi connectivity index (χ1v) is 15.3. The van der Waals surface area contributed by atoms with Crippen LogP contribution in [-0.2, 0) is 4.74 Å². The fraction of sp³-hybridized carbons (Fsp3) is 0.824. The van der Waals surface area contributed by atoms with E-state index in [4.69, 9.17) is 4.74 Å². The number of allylic oxidation sites excluding steroid dienone is 5. The molecule has 1 nitrogen and oxygen atoms in total. The van der Waals surface area contributed by atoms with Crippen molar-refractivity contribution in [1.29, 1.82) is 0 Å². The Labute approximate surface area is 222 Å². The third-order valence-electron chi connectivity index (χ3n) is 7.30. The Hall–Kier alpha value is -0.820. The van der Waals surface area contributed by atoms with Crippen molar-refractivity contribution in [3.05, 3.63) is 35.5 Å². The van der Waals surface area contributed by atoms with Gasteiger partial charge in [-0.3, -0.25) is 0 Å². The summed E-state index contributed by atoms with van der Waals surface area (Å²) in [5.74, 6) is 1.56. The average molecular weight is 489 g/mol. The largest absolute Gasteiger partial charge is 0.378 e. The van der Waals surface area contributed by atoms with Gasteiger partial charge in [-0.2, -0.15) is 0 Å². The Bertz CT molecular complexity index is 513. The molecule has 0 amide bonds. The van der Waals surface area contributed by atoms with Crippen LogP contribution in [-0.4, -0.2) is 12.7 Å². The van der Waals surface area contributed by atoms with Gasteiger partial charge in [0.1, 0.15) is 0 Å². The highest BCUT2D eigenvalue weighted by atomic mass is 16.5. The van der Waals surface area contributed by atoms with E-state index in [1.54, 1.807) is 0 Å². The van der Waals surface area contributed by atoms with E-state index in [1.165, 1.54) is 126 Å². The number of hydrogen-bond donors (Lipinski definition) is 0. The third-order valence-corrected chi connectivity index (χ3v) is 7.30. The van der Waals surface area contributed by atoms with E-state index in [0.717, 1.165) is 18.4 Å². The Morgan fingerprint density at radius 3 is 1.80 bits per heavy atom. The van der Waals surface area contributed by atoms with Crippen molar-refractivity contribution in [2.75, 3.05) is 6.61 Å². The second-order valence-corrected chi connectivity index (χ2v) is 11.9. The van der Waals surface area contributed by atoms with Crippen LogP contribution < -0.4 is 0 Å². The predicted octanol–water partition coefficient (Wildman–Crippen LogP) is 11.8. The molecule has 0 saturated carbocycles.